The average molecular weight is 164 g/mol. The molecule has 0 aliphatic carbocycles. The Hall–Kier alpha value is 0.484. The molecule has 0 atom stereocenters. The molecule has 0 unspecified atom stereocenters. The van der Waals surface area contributed by atoms with Crippen molar-refractivity contribution in [1.29, 1.82) is 0 Å². The van der Waals surface area contributed by atoms with Crippen molar-refractivity contribution in [2.24, 2.45) is 0 Å². The van der Waals surface area contributed by atoms with Crippen molar-refractivity contribution in [2.75, 3.05) is 5.88 Å². The van der Waals surface area contributed by atoms with Crippen molar-refractivity contribution in [3.05, 3.63) is 24.3 Å². The molecule has 0 aromatic heterocycles. The smallest absolute Gasteiger partial charge is 0.0407 e. The number of allylic oxidation sites excluding steroid dienone is 4. The quantitative estimate of drug-likeness (QED) is 0.334. The van der Waals surface area contributed by atoms with Crippen LogP contribution >= 0.6 is 11.6 Å². The number of hydrogen-bond donors (Lipinski definition) is 0. The molecule has 0 saturated carbocycles. The number of halogens is 1. The third-order valence-corrected chi connectivity index (χ3v) is 0.707. The van der Waals surface area contributed by atoms with E-state index in [0.29, 0.717) is 5.88 Å². The van der Waals surface area contributed by atoms with Gasteiger partial charge in [-0.2, -0.15) is 0 Å². The molecular formula is C6H9ClTi. The van der Waals surface area contributed by atoms with E-state index < -0.39 is 0 Å². The predicted octanol–water partition coefficient (Wildman–Crippen LogP) is 2.36. The van der Waals surface area contributed by atoms with Gasteiger partial charge in [0.15, 0.2) is 0 Å². The molecule has 0 aliphatic rings. The van der Waals surface area contributed by atoms with Gasteiger partial charge in [-0.3, -0.25) is 0 Å². The van der Waals surface area contributed by atoms with Crippen LogP contribution < -0.4 is 0 Å². The summed E-state index contributed by atoms with van der Waals surface area (Å²) in [5, 5.41) is 0. The van der Waals surface area contributed by atoms with Gasteiger partial charge in [0.1, 0.15) is 0 Å². The molecule has 0 aliphatic heterocycles. The van der Waals surface area contributed by atoms with Crippen LogP contribution in [0.3, 0.4) is 0 Å². The first-order chi connectivity index (χ1) is 3.41. The van der Waals surface area contributed by atoms with Crippen LogP contribution in [0.25, 0.3) is 0 Å². The Kier molecular flexibility index (Phi) is 14.8. The van der Waals surface area contributed by atoms with E-state index in [4.69, 9.17) is 11.6 Å². The summed E-state index contributed by atoms with van der Waals surface area (Å²) >= 11 is 5.32. The third-order valence-electron chi connectivity index (χ3n) is 0.529. The molecule has 2 heteroatoms. The van der Waals surface area contributed by atoms with Crippen molar-refractivity contribution in [3.8, 4) is 0 Å². The van der Waals surface area contributed by atoms with Crippen LogP contribution in [-0.4, -0.2) is 5.88 Å². The van der Waals surface area contributed by atoms with Crippen molar-refractivity contribution < 1.29 is 21.7 Å². The molecule has 44 valence electrons. The van der Waals surface area contributed by atoms with E-state index in [1.165, 1.54) is 0 Å². The van der Waals surface area contributed by atoms with Gasteiger partial charge < -0.3 is 0 Å². The standard InChI is InChI=1S/C6H9Cl.Ti/c1-2-3-4-5-6-7;/h2-5H,6H2,1H3;/b3-2+,5-4+;. The van der Waals surface area contributed by atoms with Crippen LogP contribution in [0.1, 0.15) is 6.92 Å². The minimum Gasteiger partial charge on any atom is -0.122 e. The van der Waals surface area contributed by atoms with Gasteiger partial charge in [-0.25, -0.2) is 0 Å². The first-order valence-electron chi connectivity index (χ1n) is 2.25. The molecule has 8 heavy (non-hydrogen) atoms. The van der Waals surface area contributed by atoms with Crippen LogP contribution in [-0.2, 0) is 21.7 Å². The van der Waals surface area contributed by atoms with Gasteiger partial charge >= 0.3 is 0 Å². The van der Waals surface area contributed by atoms with Crippen LogP contribution in [0.5, 0.6) is 0 Å². The van der Waals surface area contributed by atoms with Crippen molar-refractivity contribution in [1.82, 2.24) is 0 Å². The van der Waals surface area contributed by atoms with Gasteiger partial charge in [-0.15, -0.1) is 11.6 Å². The molecule has 0 saturated heterocycles. The van der Waals surface area contributed by atoms with Gasteiger partial charge in [0.2, 0.25) is 0 Å². The maximum Gasteiger partial charge on any atom is 0.0407 e. The fourth-order valence-corrected chi connectivity index (χ4v) is 0.344. The molecular weight excluding hydrogens is 155 g/mol. The zero-order valence-electron chi connectivity index (χ0n) is 4.89. The van der Waals surface area contributed by atoms with Gasteiger partial charge in [0.05, 0.1) is 0 Å². The van der Waals surface area contributed by atoms with Gasteiger partial charge in [0.25, 0.3) is 0 Å². The fourth-order valence-electron chi connectivity index (χ4n) is 0.241. The van der Waals surface area contributed by atoms with E-state index in [9.17, 15) is 0 Å². The Labute approximate surface area is 70.5 Å². The van der Waals surface area contributed by atoms with Crippen molar-refractivity contribution >= 4 is 11.6 Å². The molecule has 0 fully saturated rings. The maximum atomic E-state index is 5.32. The molecule has 0 bridgehead atoms. The van der Waals surface area contributed by atoms with Gasteiger partial charge in [0, 0.05) is 27.6 Å². The molecule has 0 radical (unpaired) electrons. The summed E-state index contributed by atoms with van der Waals surface area (Å²) in [4.78, 5) is 0. The van der Waals surface area contributed by atoms with Crippen LogP contribution in [0.4, 0.5) is 0 Å². The molecule has 0 N–H and O–H groups in total. The number of rotatable bonds is 2. The first kappa shape index (κ1) is 11.3. The van der Waals surface area contributed by atoms with E-state index in [2.05, 4.69) is 0 Å². The Morgan fingerprint density at radius 2 is 2.00 bits per heavy atom. The number of alkyl halides is 1. The molecule has 0 nitrogen and oxygen atoms in total. The van der Waals surface area contributed by atoms with E-state index in [1.54, 1.807) is 0 Å². The summed E-state index contributed by atoms with van der Waals surface area (Å²) < 4.78 is 0. The first-order valence-corrected chi connectivity index (χ1v) is 2.79. The summed E-state index contributed by atoms with van der Waals surface area (Å²) in [6.07, 6.45) is 7.72. The normalized spacial score (nSPS) is 10.2. The van der Waals surface area contributed by atoms with Crippen LogP contribution in [0.2, 0.25) is 0 Å². The monoisotopic (exact) mass is 164 g/mol. The van der Waals surface area contributed by atoms with E-state index >= 15 is 0 Å². The zero-order valence-corrected chi connectivity index (χ0v) is 7.21. The summed E-state index contributed by atoms with van der Waals surface area (Å²) in [5.41, 5.74) is 0. The van der Waals surface area contributed by atoms with E-state index in [1.807, 2.05) is 31.2 Å². The largest absolute Gasteiger partial charge is 0.122 e. The summed E-state index contributed by atoms with van der Waals surface area (Å²) in [7, 11) is 0. The van der Waals surface area contributed by atoms with Crippen molar-refractivity contribution in [2.45, 2.75) is 6.92 Å². The Bertz CT molecular complexity index is 76.6. The van der Waals surface area contributed by atoms with Gasteiger partial charge in [-0.1, -0.05) is 24.3 Å². The Morgan fingerprint density at radius 3 is 2.38 bits per heavy atom. The Morgan fingerprint density at radius 1 is 1.38 bits per heavy atom. The van der Waals surface area contributed by atoms with Crippen molar-refractivity contribution in [3.63, 3.8) is 0 Å². The zero-order chi connectivity index (χ0) is 5.54. The molecule has 0 spiro atoms. The van der Waals surface area contributed by atoms with Gasteiger partial charge in [-0.05, 0) is 6.92 Å². The summed E-state index contributed by atoms with van der Waals surface area (Å²) in [5.74, 6) is 0.602. The summed E-state index contributed by atoms with van der Waals surface area (Å²) in [6.45, 7) is 1.97. The molecule has 0 heterocycles. The second-order valence-electron chi connectivity index (χ2n) is 1.11. The Balaban J connectivity index is 0. The van der Waals surface area contributed by atoms with Crippen LogP contribution in [0, 0.1) is 0 Å². The minimum atomic E-state index is 0. The predicted molar refractivity (Wildman–Crippen MR) is 34.7 cm³/mol. The third kappa shape index (κ3) is 9.70. The molecule has 0 rings (SSSR count). The molecule has 0 amide bonds. The molecule has 0 aromatic carbocycles. The topological polar surface area (TPSA) is 0 Å². The van der Waals surface area contributed by atoms with Crippen LogP contribution in [0.15, 0.2) is 24.3 Å². The van der Waals surface area contributed by atoms with E-state index in [-0.39, 0.29) is 21.7 Å². The fraction of sp³-hybridized carbons (Fsp3) is 0.333. The molecule has 0 aromatic rings. The summed E-state index contributed by atoms with van der Waals surface area (Å²) in [6, 6.07) is 0. The second-order valence-corrected chi connectivity index (χ2v) is 1.42. The second kappa shape index (κ2) is 10.5. The minimum absolute atomic E-state index is 0. The average Bonchev–Trinajstić information content (AvgIpc) is 1.69. The maximum absolute atomic E-state index is 5.32. The van der Waals surface area contributed by atoms with E-state index in [0.717, 1.165) is 0 Å². The SMILES string of the molecule is C/C=C/C=C/CCl.[Ti]. The number of hydrogen-bond acceptors (Lipinski definition) is 0.